The first-order valence-corrected chi connectivity index (χ1v) is 5.02. The zero-order valence-corrected chi connectivity index (χ0v) is 7.98. The van der Waals surface area contributed by atoms with Gasteiger partial charge in [-0.15, -0.1) is 11.8 Å². The maximum Gasteiger partial charge on any atom is 0.187 e. The van der Waals surface area contributed by atoms with Crippen LogP contribution in [0.15, 0.2) is 29.2 Å². The first-order valence-electron chi connectivity index (χ1n) is 3.23. The number of hydrogen-bond donors (Lipinski definition) is 0. The molecule has 11 heavy (non-hydrogen) atoms. The van der Waals surface area contributed by atoms with E-state index in [1.54, 1.807) is 11.8 Å². The van der Waals surface area contributed by atoms with Gasteiger partial charge in [-0.1, -0.05) is 34.1 Å². The molecule has 0 saturated heterocycles. The van der Waals surface area contributed by atoms with Crippen molar-refractivity contribution in [2.24, 2.45) is 0 Å². The second-order valence-electron chi connectivity index (χ2n) is 2.29. The summed E-state index contributed by atoms with van der Waals surface area (Å²) in [4.78, 5) is 12.4. The number of carbonyl (C=O) groups is 1. The summed E-state index contributed by atoms with van der Waals surface area (Å²) in [7, 11) is 0. The highest BCUT2D eigenvalue weighted by Crippen LogP contribution is 2.39. The molecule has 1 unspecified atom stereocenters. The van der Waals surface area contributed by atoms with Gasteiger partial charge in [-0.2, -0.15) is 0 Å². The van der Waals surface area contributed by atoms with Gasteiger partial charge < -0.3 is 0 Å². The minimum absolute atomic E-state index is 0.0695. The van der Waals surface area contributed by atoms with E-state index in [1.165, 1.54) is 0 Å². The molecule has 0 N–H and O–H groups in total. The van der Waals surface area contributed by atoms with Crippen molar-refractivity contribution in [3.63, 3.8) is 0 Å². The molecule has 1 aliphatic rings. The van der Waals surface area contributed by atoms with Gasteiger partial charge in [0.1, 0.15) is 4.16 Å². The molecule has 0 spiro atoms. The minimum atomic E-state index is -0.0695. The monoisotopic (exact) mass is 228 g/mol. The lowest BCUT2D eigenvalue weighted by atomic mass is 10.2. The summed E-state index contributed by atoms with van der Waals surface area (Å²) in [5.41, 5.74) is 0.847. The van der Waals surface area contributed by atoms with Crippen molar-refractivity contribution in [3.8, 4) is 0 Å². The fourth-order valence-electron chi connectivity index (χ4n) is 1.06. The SMILES string of the molecule is O=C1c2ccccc2SC1Br. The number of rotatable bonds is 0. The Morgan fingerprint density at radius 2 is 2.09 bits per heavy atom. The van der Waals surface area contributed by atoms with Crippen LogP contribution in [0.4, 0.5) is 0 Å². The molecule has 1 heterocycles. The Labute approximate surface area is 77.3 Å². The predicted molar refractivity (Wildman–Crippen MR) is 49.3 cm³/mol. The average molecular weight is 229 g/mol. The number of benzene rings is 1. The highest BCUT2D eigenvalue weighted by atomic mass is 79.9. The Balaban J connectivity index is 2.55. The van der Waals surface area contributed by atoms with Gasteiger partial charge in [-0.05, 0) is 6.07 Å². The van der Waals surface area contributed by atoms with E-state index in [9.17, 15) is 4.79 Å². The topological polar surface area (TPSA) is 17.1 Å². The standard InChI is InChI=1S/C8H5BrOS/c9-8-7(10)5-3-1-2-4-6(5)11-8/h1-4,8H. The van der Waals surface area contributed by atoms with Gasteiger partial charge in [0.15, 0.2) is 5.78 Å². The smallest absolute Gasteiger partial charge is 0.187 e. The third-order valence-corrected chi connectivity index (χ3v) is 3.60. The predicted octanol–water partition coefficient (Wildman–Crippen LogP) is 2.70. The Kier molecular flexibility index (Phi) is 1.77. The minimum Gasteiger partial charge on any atom is -0.292 e. The number of Topliss-reactive ketones (excluding diaryl/α,β-unsaturated/α-hetero) is 1. The molecule has 3 heteroatoms. The normalized spacial score (nSPS) is 21.9. The van der Waals surface area contributed by atoms with E-state index in [0.29, 0.717) is 0 Å². The molecule has 0 amide bonds. The molecule has 0 fully saturated rings. The molecule has 1 atom stereocenters. The van der Waals surface area contributed by atoms with Gasteiger partial charge in [0.05, 0.1) is 0 Å². The van der Waals surface area contributed by atoms with E-state index in [4.69, 9.17) is 0 Å². The molecule has 0 radical (unpaired) electrons. The van der Waals surface area contributed by atoms with Crippen molar-refractivity contribution in [3.05, 3.63) is 29.8 Å². The molecule has 1 aromatic carbocycles. The zero-order valence-electron chi connectivity index (χ0n) is 5.58. The summed E-state index contributed by atoms with van der Waals surface area (Å²) in [6.07, 6.45) is 0. The molecular formula is C8H5BrOS. The van der Waals surface area contributed by atoms with E-state index in [0.717, 1.165) is 10.5 Å². The molecule has 0 aromatic heterocycles. The fraction of sp³-hybridized carbons (Fsp3) is 0.125. The van der Waals surface area contributed by atoms with Crippen molar-refractivity contribution in [2.75, 3.05) is 0 Å². The number of alkyl halides is 1. The number of fused-ring (bicyclic) bond motifs is 1. The van der Waals surface area contributed by atoms with Crippen LogP contribution in [0.5, 0.6) is 0 Å². The number of thioether (sulfide) groups is 1. The Morgan fingerprint density at radius 1 is 1.36 bits per heavy atom. The lowest BCUT2D eigenvalue weighted by Gasteiger charge is -1.90. The largest absolute Gasteiger partial charge is 0.292 e. The van der Waals surface area contributed by atoms with Crippen LogP contribution in [0.25, 0.3) is 0 Å². The molecule has 2 rings (SSSR count). The van der Waals surface area contributed by atoms with Crippen molar-refractivity contribution in [1.29, 1.82) is 0 Å². The van der Waals surface area contributed by atoms with Crippen molar-refractivity contribution < 1.29 is 4.79 Å². The molecule has 56 valence electrons. The zero-order chi connectivity index (χ0) is 7.84. The molecule has 1 aliphatic heterocycles. The first-order chi connectivity index (χ1) is 5.29. The summed E-state index contributed by atoms with van der Waals surface area (Å²) < 4.78 is -0.0695. The molecule has 1 nitrogen and oxygen atoms in total. The van der Waals surface area contributed by atoms with Gasteiger partial charge in [-0.3, -0.25) is 4.79 Å². The van der Waals surface area contributed by atoms with E-state index in [1.807, 2.05) is 24.3 Å². The van der Waals surface area contributed by atoms with Crippen LogP contribution in [0.3, 0.4) is 0 Å². The second-order valence-corrected chi connectivity index (χ2v) is 4.96. The van der Waals surface area contributed by atoms with Crippen molar-refractivity contribution >= 4 is 33.5 Å². The first kappa shape index (κ1) is 7.37. The van der Waals surface area contributed by atoms with Gasteiger partial charge in [-0.25, -0.2) is 0 Å². The van der Waals surface area contributed by atoms with Gasteiger partial charge in [0, 0.05) is 10.5 Å². The highest BCUT2D eigenvalue weighted by Gasteiger charge is 2.28. The molecule has 0 saturated carbocycles. The molecule has 0 aliphatic carbocycles. The highest BCUT2D eigenvalue weighted by molar-refractivity contribution is 9.11. The van der Waals surface area contributed by atoms with Crippen LogP contribution < -0.4 is 0 Å². The third-order valence-electron chi connectivity index (χ3n) is 1.59. The van der Waals surface area contributed by atoms with Crippen LogP contribution in [0.1, 0.15) is 10.4 Å². The Bertz CT molecular complexity index is 311. The Hall–Kier alpha value is -0.280. The van der Waals surface area contributed by atoms with Crippen LogP contribution in [-0.2, 0) is 0 Å². The summed E-state index contributed by atoms with van der Waals surface area (Å²) in [6.45, 7) is 0. The van der Waals surface area contributed by atoms with E-state index < -0.39 is 0 Å². The van der Waals surface area contributed by atoms with Crippen LogP contribution in [0.2, 0.25) is 0 Å². The Morgan fingerprint density at radius 3 is 2.82 bits per heavy atom. The average Bonchev–Trinajstić information content (AvgIpc) is 2.30. The lowest BCUT2D eigenvalue weighted by Crippen LogP contribution is -2.01. The van der Waals surface area contributed by atoms with Gasteiger partial charge >= 0.3 is 0 Å². The molecule has 0 bridgehead atoms. The molecular weight excluding hydrogens is 224 g/mol. The fourth-order valence-corrected chi connectivity index (χ4v) is 2.82. The van der Waals surface area contributed by atoms with Crippen molar-refractivity contribution in [2.45, 2.75) is 9.05 Å². The van der Waals surface area contributed by atoms with Gasteiger partial charge in [0.25, 0.3) is 0 Å². The summed E-state index contributed by atoms with van der Waals surface area (Å²) in [6, 6.07) is 7.68. The quantitative estimate of drug-likeness (QED) is 0.636. The van der Waals surface area contributed by atoms with E-state index in [2.05, 4.69) is 15.9 Å². The lowest BCUT2D eigenvalue weighted by molar-refractivity contribution is 0.101. The number of carbonyl (C=O) groups excluding carboxylic acids is 1. The number of halogens is 1. The summed E-state index contributed by atoms with van der Waals surface area (Å²) in [5.74, 6) is 0.186. The van der Waals surface area contributed by atoms with Crippen LogP contribution in [0, 0.1) is 0 Å². The van der Waals surface area contributed by atoms with E-state index >= 15 is 0 Å². The maximum absolute atomic E-state index is 11.3. The molecule has 1 aromatic rings. The van der Waals surface area contributed by atoms with Crippen molar-refractivity contribution in [1.82, 2.24) is 0 Å². The summed E-state index contributed by atoms with van der Waals surface area (Å²) in [5, 5.41) is 0. The second kappa shape index (κ2) is 2.64. The maximum atomic E-state index is 11.3. The summed E-state index contributed by atoms with van der Waals surface area (Å²) >= 11 is 4.86. The number of ketones is 1. The third kappa shape index (κ3) is 1.12. The van der Waals surface area contributed by atoms with Crippen LogP contribution in [-0.4, -0.2) is 9.94 Å². The van der Waals surface area contributed by atoms with Crippen LogP contribution >= 0.6 is 27.7 Å². The number of hydrogen-bond acceptors (Lipinski definition) is 2. The van der Waals surface area contributed by atoms with E-state index in [-0.39, 0.29) is 9.94 Å². The van der Waals surface area contributed by atoms with Gasteiger partial charge in [0.2, 0.25) is 0 Å².